The monoisotopic (exact) mass is 363 g/mol. The van der Waals surface area contributed by atoms with E-state index in [1.165, 1.54) is 6.07 Å². The van der Waals surface area contributed by atoms with Gasteiger partial charge in [0.1, 0.15) is 11.9 Å². The van der Waals surface area contributed by atoms with Gasteiger partial charge in [0, 0.05) is 37.9 Å². The van der Waals surface area contributed by atoms with Crippen LogP contribution in [0.5, 0.6) is 0 Å². The molecule has 3 rings (SSSR count). The largest absolute Gasteiger partial charge is 0.353 e. The van der Waals surface area contributed by atoms with Crippen LogP contribution in [0.3, 0.4) is 0 Å². The molecule has 2 amide bonds. The highest BCUT2D eigenvalue weighted by molar-refractivity contribution is 5.97. The minimum absolute atomic E-state index is 0.111. The number of anilines is 1. The molecule has 1 aliphatic rings. The number of nitrogens with one attached hydrogen (secondary N) is 1. The van der Waals surface area contributed by atoms with Gasteiger partial charge in [-0.3, -0.25) is 9.59 Å². The Bertz CT molecular complexity index is 854. The molecule has 1 atom stereocenters. The van der Waals surface area contributed by atoms with Crippen molar-refractivity contribution in [3.63, 3.8) is 0 Å². The van der Waals surface area contributed by atoms with Crippen LogP contribution in [-0.4, -0.2) is 53.9 Å². The van der Waals surface area contributed by atoms with Gasteiger partial charge >= 0.3 is 0 Å². The van der Waals surface area contributed by atoms with E-state index in [-0.39, 0.29) is 11.8 Å². The summed E-state index contributed by atoms with van der Waals surface area (Å²) in [5.41, 5.74) is 0.779. The normalized spacial score (nSPS) is 15.0. The molecule has 7 nitrogen and oxygen atoms in total. The van der Waals surface area contributed by atoms with E-state index < -0.39 is 6.04 Å². The maximum Gasteiger partial charge on any atom is 0.251 e. The molecule has 7 heteroatoms. The average Bonchev–Trinajstić information content (AvgIpc) is 2.74. The Balaban J connectivity index is 1.55. The van der Waals surface area contributed by atoms with Crippen LogP contribution in [0.4, 0.5) is 5.82 Å². The predicted molar refractivity (Wildman–Crippen MR) is 101 cm³/mol. The van der Waals surface area contributed by atoms with Crippen molar-refractivity contribution in [2.75, 3.05) is 31.1 Å². The Morgan fingerprint density at radius 2 is 1.93 bits per heavy atom. The molecule has 138 valence electrons. The van der Waals surface area contributed by atoms with Crippen LogP contribution in [0.25, 0.3) is 0 Å². The molecule has 0 radical (unpaired) electrons. The lowest BCUT2D eigenvalue weighted by molar-refractivity contribution is -0.133. The molecule has 1 aromatic carbocycles. The van der Waals surface area contributed by atoms with Crippen LogP contribution in [0.15, 0.2) is 48.7 Å². The number of carbonyl (C=O) groups excluding carboxylic acids is 2. The topological polar surface area (TPSA) is 89.3 Å². The highest BCUT2D eigenvalue weighted by Crippen LogP contribution is 2.13. The lowest BCUT2D eigenvalue weighted by Gasteiger charge is -2.36. The van der Waals surface area contributed by atoms with Crippen molar-refractivity contribution < 1.29 is 9.59 Å². The Labute approximate surface area is 158 Å². The Morgan fingerprint density at radius 3 is 2.59 bits per heavy atom. The smallest absolute Gasteiger partial charge is 0.251 e. The van der Waals surface area contributed by atoms with Crippen molar-refractivity contribution in [3.8, 4) is 6.07 Å². The molecule has 27 heavy (non-hydrogen) atoms. The Morgan fingerprint density at radius 1 is 1.15 bits per heavy atom. The first-order valence-electron chi connectivity index (χ1n) is 8.84. The molecule has 2 aromatic rings. The SMILES string of the molecule is CC(NC(=O)c1cccc(C#N)c1)C(=O)N1CCN(c2ccccn2)CC1. The molecule has 1 fully saturated rings. The van der Waals surface area contributed by atoms with Crippen LogP contribution in [0.2, 0.25) is 0 Å². The highest BCUT2D eigenvalue weighted by atomic mass is 16.2. The van der Waals surface area contributed by atoms with E-state index in [2.05, 4.69) is 15.2 Å². The van der Waals surface area contributed by atoms with Crippen molar-refractivity contribution in [1.82, 2.24) is 15.2 Å². The maximum atomic E-state index is 12.7. The third-order valence-corrected chi connectivity index (χ3v) is 4.54. The quantitative estimate of drug-likeness (QED) is 0.887. The zero-order valence-electron chi connectivity index (χ0n) is 15.1. The number of hydrogen-bond donors (Lipinski definition) is 1. The van der Waals surface area contributed by atoms with Crippen molar-refractivity contribution in [2.45, 2.75) is 13.0 Å². The second-order valence-electron chi connectivity index (χ2n) is 6.39. The van der Waals surface area contributed by atoms with Gasteiger partial charge in [0.2, 0.25) is 5.91 Å². The lowest BCUT2D eigenvalue weighted by atomic mass is 10.1. The Kier molecular flexibility index (Phi) is 5.67. The molecule has 1 unspecified atom stereocenters. The molecule has 0 bridgehead atoms. The Hall–Kier alpha value is -3.40. The van der Waals surface area contributed by atoms with Gasteiger partial charge in [0.05, 0.1) is 11.6 Å². The number of carbonyl (C=O) groups is 2. The number of pyridine rings is 1. The number of amides is 2. The first kappa shape index (κ1) is 18.4. The molecule has 0 aliphatic carbocycles. The minimum atomic E-state index is -0.635. The van der Waals surface area contributed by atoms with E-state index in [1.54, 1.807) is 36.2 Å². The summed E-state index contributed by atoms with van der Waals surface area (Å²) in [5.74, 6) is 0.434. The second-order valence-corrected chi connectivity index (χ2v) is 6.39. The van der Waals surface area contributed by atoms with Gasteiger partial charge in [0.25, 0.3) is 5.91 Å². The average molecular weight is 363 g/mol. The minimum Gasteiger partial charge on any atom is -0.353 e. The van der Waals surface area contributed by atoms with E-state index in [1.807, 2.05) is 24.3 Å². The fourth-order valence-electron chi connectivity index (χ4n) is 3.04. The van der Waals surface area contributed by atoms with Gasteiger partial charge in [-0.1, -0.05) is 12.1 Å². The second kappa shape index (κ2) is 8.32. The van der Waals surface area contributed by atoms with Gasteiger partial charge in [-0.05, 0) is 37.3 Å². The van der Waals surface area contributed by atoms with E-state index in [9.17, 15) is 9.59 Å². The van der Waals surface area contributed by atoms with Crippen molar-refractivity contribution >= 4 is 17.6 Å². The highest BCUT2D eigenvalue weighted by Gasteiger charge is 2.26. The standard InChI is InChI=1S/C20H21N5O2/c1-15(23-19(26)17-6-4-5-16(13-17)14-21)20(27)25-11-9-24(10-12-25)18-7-2-3-8-22-18/h2-8,13,15H,9-12H2,1H3,(H,23,26). The zero-order valence-corrected chi connectivity index (χ0v) is 15.1. The summed E-state index contributed by atoms with van der Waals surface area (Å²) < 4.78 is 0. The molecule has 1 aromatic heterocycles. The van der Waals surface area contributed by atoms with Gasteiger partial charge < -0.3 is 15.1 Å². The van der Waals surface area contributed by atoms with E-state index in [0.717, 1.165) is 5.82 Å². The van der Waals surface area contributed by atoms with Crippen LogP contribution in [0.1, 0.15) is 22.8 Å². The van der Waals surface area contributed by atoms with Gasteiger partial charge in [-0.2, -0.15) is 5.26 Å². The number of aromatic nitrogens is 1. The van der Waals surface area contributed by atoms with Crippen LogP contribution < -0.4 is 10.2 Å². The molecule has 0 spiro atoms. The molecule has 1 N–H and O–H groups in total. The summed E-state index contributed by atoms with van der Waals surface area (Å²) in [7, 11) is 0. The fraction of sp³-hybridized carbons (Fsp3) is 0.300. The summed E-state index contributed by atoms with van der Waals surface area (Å²) in [6, 6.07) is 13.6. The molecule has 1 aliphatic heterocycles. The van der Waals surface area contributed by atoms with E-state index in [0.29, 0.717) is 37.3 Å². The summed E-state index contributed by atoms with van der Waals surface area (Å²) in [4.78, 5) is 33.2. The van der Waals surface area contributed by atoms with Crippen molar-refractivity contribution in [1.29, 1.82) is 5.26 Å². The zero-order chi connectivity index (χ0) is 19.2. The van der Waals surface area contributed by atoms with Crippen LogP contribution in [0, 0.1) is 11.3 Å². The van der Waals surface area contributed by atoms with Crippen LogP contribution in [-0.2, 0) is 4.79 Å². The van der Waals surface area contributed by atoms with Gasteiger partial charge in [0.15, 0.2) is 0 Å². The molecule has 1 saturated heterocycles. The number of nitriles is 1. The maximum absolute atomic E-state index is 12.7. The number of hydrogen-bond acceptors (Lipinski definition) is 5. The number of benzene rings is 1. The van der Waals surface area contributed by atoms with E-state index in [4.69, 9.17) is 5.26 Å². The lowest BCUT2D eigenvalue weighted by Crippen LogP contribution is -2.54. The third kappa shape index (κ3) is 4.42. The molecule has 0 saturated carbocycles. The fourth-order valence-corrected chi connectivity index (χ4v) is 3.04. The number of rotatable bonds is 4. The predicted octanol–water partition coefficient (Wildman–Crippen LogP) is 1.42. The first-order valence-corrected chi connectivity index (χ1v) is 8.84. The summed E-state index contributed by atoms with van der Waals surface area (Å²) in [5, 5.41) is 11.7. The summed E-state index contributed by atoms with van der Waals surface area (Å²) in [6.45, 7) is 4.25. The van der Waals surface area contributed by atoms with Crippen LogP contribution >= 0.6 is 0 Å². The van der Waals surface area contributed by atoms with Crippen molar-refractivity contribution in [3.05, 3.63) is 59.8 Å². The van der Waals surface area contributed by atoms with E-state index >= 15 is 0 Å². The third-order valence-electron chi connectivity index (χ3n) is 4.54. The number of nitrogens with zero attached hydrogens (tertiary/aromatic N) is 4. The summed E-state index contributed by atoms with van der Waals surface area (Å²) >= 11 is 0. The van der Waals surface area contributed by atoms with Crippen molar-refractivity contribution in [2.24, 2.45) is 0 Å². The van der Waals surface area contributed by atoms with Gasteiger partial charge in [-0.15, -0.1) is 0 Å². The molecular formula is C20H21N5O2. The molecule has 2 heterocycles. The summed E-state index contributed by atoms with van der Waals surface area (Å²) in [6.07, 6.45) is 1.76. The molecular weight excluding hydrogens is 342 g/mol. The first-order chi connectivity index (χ1) is 13.1. The van der Waals surface area contributed by atoms with Gasteiger partial charge in [-0.25, -0.2) is 4.98 Å². The number of piperazine rings is 1.